The summed E-state index contributed by atoms with van der Waals surface area (Å²) in [5.41, 5.74) is 1.51. The van der Waals surface area contributed by atoms with E-state index in [4.69, 9.17) is 14.7 Å². The molecule has 12 heteroatoms. The van der Waals surface area contributed by atoms with Gasteiger partial charge in [-0.2, -0.15) is 18.2 Å². The van der Waals surface area contributed by atoms with Crippen LogP contribution in [0.3, 0.4) is 0 Å². The average molecular weight is 598 g/mol. The number of piperazine rings is 1. The van der Waals surface area contributed by atoms with Crippen molar-refractivity contribution in [3.05, 3.63) is 57.9 Å². The highest BCUT2D eigenvalue weighted by Crippen LogP contribution is 2.35. The minimum atomic E-state index is -4.42. The molecule has 0 amide bonds. The number of aromatic nitrogens is 5. The SMILES string of the molecule is Cc1nc2c(N3CCN(C(c4ccc5ccc(C(F)(F)F)cc5n4)C(C)C)CC3C)nc(=O)n(C)c2n1CC1CCCO1. The highest BCUT2D eigenvalue weighted by Gasteiger charge is 2.35. The molecule has 2 aliphatic rings. The Kier molecular flexibility index (Phi) is 7.70. The number of ether oxygens (including phenoxy) is 1. The number of rotatable bonds is 6. The van der Waals surface area contributed by atoms with Gasteiger partial charge in [-0.25, -0.2) is 9.78 Å². The smallest absolute Gasteiger partial charge is 0.376 e. The summed E-state index contributed by atoms with van der Waals surface area (Å²) in [6.07, 6.45) is -2.31. The third-order valence-corrected chi connectivity index (χ3v) is 8.86. The Hall–Kier alpha value is -3.51. The molecule has 2 aliphatic heterocycles. The van der Waals surface area contributed by atoms with E-state index in [9.17, 15) is 18.0 Å². The fourth-order valence-electron chi connectivity index (χ4n) is 6.74. The lowest BCUT2D eigenvalue weighted by molar-refractivity contribution is -0.137. The van der Waals surface area contributed by atoms with Crippen LogP contribution in [0.15, 0.2) is 35.1 Å². The second kappa shape index (κ2) is 11.2. The van der Waals surface area contributed by atoms with Gasteiger partial charge in [0.15, 0.2) is 5.82 Å². The molecule has 9 nitrogen and oxygen atoms in total. The van der Waals surface area contributed by atoms with Gasteiger partial charge >= 0.3 is 11.9 Å². The van der Waals surface area contributed by atoms with Crippen LogP contribution in [0.1, 0.15) is 56.7 Å². The van der Waals surface area contributed by atoms with E-state index in [1.807, 2.05) is 19.1 Å². The van der Waals surface area contributed by atoms with Gasteiger partial charge in [0.05, 0.1) is 35.5 Å². The summed E-state index contributed by atoms with van der Waals surface area (Å²) in [5.74, 6) is 1.57. The molecule has 1 aromatic carbocycles. The molecule has 4 aromatic rings. The quantitative estimate of drug-likeness (QED) is 0.306. The van der Waals surface area contributed by atoms with E-state index < -0.39 is 11.7 Å². The molecule has 43 heavy (non-hydrogen) atoms. The zero-order valence-electron chi connectivity index (χ0n) is 25.2. The van der Waals surface area contributed by atoms with Crippen LogP contribution in [-0.2, 0) is 24.5 Å². The van der Waals surface area contributed by atoms with E-state index >= 15 is 0 Å². The lowest BCUT2D eigenvalue weighted by Crippen LogP contribution is -2.54. The van der Waals surface area contributed by atoms with Crippen molar-refractivity contribution in [3.63, 3.8) is 0 Å². The van der Waals surface area contributed by atoms with Crippen LogP contribution in [0.4, 0.5) is 19.0 Å². The molecule has 230 valence electrons. The number of anilines is 1. The topological polar surface area (TPSA) is 81.3 Å². The number of pyridine rings is 1. The molecule has 0 spiro atoms. The fourth-order valence-corrected chi connectivity index (χ4v) is 6.74. The standard InChI is InChI=1S/C31H38F3N7O2/c1-18(2)27(24-11-9-21-8-10-22(31(32,33)34)15-25(21)36-24)39-12-13-40(19(3)16-39)28-26-29(38(5)30(42)37-28)41(20(4)35-26)17-23-7-6-14-43-23/h8-11,15,18-19,23,27H,6-7,12-14,16-17H2,1-5H3. The largest absolute Gasteiger partial charge is 0.416 e. The molecular weight excluding hydrogens is 559 g/mol. The highest BCUT2D eigenvalue weighted by molar-refractivity contribution is 5.84. The molecule has 6 rings (SSSR count). The number of imidazole rings is 1. The highest BCUT2D eigenvalue weighted by atomic mass is 19.4. The Bertz CT molecular complexity index is 1710. The molecule has 3 aromatic heterocycles. The number of hydrogen-bond acceptors (Lipinski definition) is 7. The molecule has 2 fully saturated rings. The minimum absolute atomic E-state index is 0.00119. The van der Waals surface area contributed by atoms with E-state index in [1.165, 1.54) is 6.07 Å². The van der Waals surface area contributed by atoms with Crippen LogP contribution >= 0.6 is 0 Å². The molecule has 3 unspecified atom stereocenters. The molecule has 0 N–H and O–H groups in total. The van der Waals surface area contributed by atoms with Crippen molar-refractivity contribution in [3.8, 4) is 0 Å². The minimum Gasteiger partial charge on any atom is -0.376 e. The lowest BCUT2D eigenvalue weighted by atomic mass is 9.96. The van der Waals surface area contributed by atoms with Gasteiger partial charge in [-0.05, 0) is 50.8 Å². The van der Waals surface area contributed by atoms with Crippen molar-refractivity contribution >= 4 is 27.9 Å². The molecule has 0 radical (unpaired) electrons. The second-order valence-electron chi connectivity index (χ2n) is 12.2. The first-order valence-corrected chi connectivity index (χ1v) is 15.0. The maximum Gasteiger partial charge on any atom is 0.416 e. The van der Waals surface area contributed by atoms with Gasteiger partial charge < -0.3 is 14.2 Å². The van der Waals surface area contributed by atoms with Gasteiger partial charge in [-0.1, -0.05) is 26.0 Å². The Labute approximate surface area is 248 Å². The zero-order valence-corrected chi connectivity index (χ0v) is 25.2. The third kappa shape index (κ3) is 5.50. The summed E-state index contributed by atoms with van der Waals surface area (Å²) in [5, 5.41) is 0.674. The van der Waals surface area contributed by atoms with Crippen molar-refractivity contribution in [2.75, 3.05) is 31.1 Å². The summed E-state index contributed by atoms with van der Waals surface area (Å²) < 4.78 is 49.7. The van der Waals surface area contributed by atoms with Crippen LogP contribution in [0.2, 0.25) is 0 Å². The van der Waals surface area contributed by atoms with Crippen molar-refractivity contribution in [2.45, 2.75) is 71.4 Å². The van der Waals surface area contributed by atoms with Gasteiger partial charge in [-0.15, -0.1) is 0 Å². The van der Waals surface area contributed by atoms with Crippen LogP contribution in [-0.4, -0.2) is 67.4 Å². The molecule has 0 saturated carbocycles. The second-order valence-corrected chi connectivity index (χ2v) is 12.2. The first-order valence-electron chi connectivity index (χ1n) is 15.0. The van der Waals surface area contributed by atoms with Gasteiger partial charge in [0.1, 0.15) is 17.0 Å². The Morgan fingerprint density at radius 3 is 2.53 bits per heavy atom. The van der Waals surface area contributed by atoms with Crippen molar-refractivity contribution in [1.82, 2.24) is 29.0 Å². The number of nitrogens with zero attached hydrogens (tertiary/aromatic N) is 7. The van der Waals surface area contributed by atoms with Gasteiger partial charge in [0, 0.05) is 44.7 Å². The molecule has 5 heterocycles. The maximum atomic E-state index is 13.4. The Balaban J connectivity index is 1.29. The van der Waals surface area contributed by atoms with E-state index in [-0.39, 0.29) is 29.8 Å². The predicted octanol–water partition coefficient (Wildman–Crippen LogP) is 5.09. The third-order valence-electron chi connectivity index (χ3n) is 8.86. The maximum absolute atomic E-state index is 13.4. The first-order chi connectivity index (χ1) is 20.4. The molecule has 3 atom stereocenters. The summed E-state index contributed by atoms with van der Waals surface area (Å²) in [6, 6.07) is 7.38. The van der Waals surface area contributed by atoms with Gasteiger partial charge in [0.25, 0.3) is 0 Å². The Morgan fingerprint density at radius 2 is 1.86 bits per heavy atom. The molecule has 0 bridgehead atoms. The van der Waals surface area contributed by atoms with Crippen LogP contribution in [0.25, 0.3) is 22.1 Å². The summed E-state index contributed by atoms with van der Waals surface area (Å²) >= 11 is 0. The number of hydrogen-bond donors (Lipinski definition) is 0. The van der Waals surface area contributed by atoms with E-state index in [0.717, 1.165) is 48.7 Å². The lowest BCUT2D eigenvalue weighted by Gasteiger charge is -2.44. The van der Waals surface area contributed by atoms with Crippen molar-refractivity contribution in [2.24, 2.45) is 13.0 Å². The van der Waals surface area contributed by atoms with Crippen LogP contribution in [0, 0.1) is 12.8 Å². The van der Waals surface area contributed by atoms with Gasteiger partial charge in [-0.3, -0.25) is 14.5 Å². The summed E-state index contributed by atoms with van der Waals surface area (Å²) in [6.45, 7) is 11.6. The molecule has 0 aliphatic carbocycles. The number of alkyl halides is 3. The van der Waals surface area contributed by atoms with Crippen molar-refractivity contribution < 1.29 is 17.9 Å². The van der Waals surface area contributed by atoms with Crippen LogP contribution in [0.5, 0.6) is 0 Å². The average Bonchev–Trinajstić information content (AvgIpc) is 3.58. The van der Waals surface area contributed by atoms with E-state index in [1.54, 1.807) is 11.6 Å². The predicted molar refractivity (Wildman–Crippen MR) is 159 cm³/mol. The normalized spacial score (nSPS) is 21.0. The fraction of sp³-hybridized carbons (Fsp3) is 0.548. The zero-order chi connectivity index (χ0) is 30.6. The summed E-state index contributed by atoms with van der Waals surface area (Å²) in [7, 11) is 1.73. The molecular formula is C31H38F3N7O2. The van der Waals surface area contributed by atoms with E-state index in [0.29, 0.717) is 48.4 Å². The number of halogens is 3. The van der Waals surface area contributed by atoms with Gasteiger partial charge in [0.2, 0.25) is 0 Å². The monoisotopic (exact) mass is 597 g/mol. The number of fused-ring (bicyclic) bond motifs is 2. The number of benzene rings is 1. The van der Waals surface area contributed by atoms with E-state index in [2.05, 4.69) is 40.1 Å². The van der Waals surface area contributed by atoms with Crippen molar-refractivity contribution in [1.29, 1.82) is 0 Å². The molecule has 2 saturated heterocycles. The Morgan fingerprint density at radius 1 is 1.09 bits per heavy atom. The number of aryl methyl sites for hydroxylation is 2. The van der Waals surface area contributed by atoms with Crippen LogP contribution < -0.4 is 10.6 Å². The first kappa shape index (κ1) is 29.6. The summed E-state index contributed by atoms with van der Waals surface area (Å²) in [4.78, 5) is 31.7.